The fourth-order valence-electron chi connectivity index (χ4n) is 5.81. The van der Waals surface area contributed by atoms with Crippen molar-refractivity contribution >= 4 is 13.7 Å². The number of aliphatic hydroxyl groups is 1. The van der Waals surface area contributed by atoms with Crippen LogP contribution in [-0.4, -0.2) is 39.6 Å². The van der Waals surface area contributed by atoms with E-state index in [4.69, 9.17) is 9.79 Å². The molecule has 0 aliphatic rings. The van der Waals surface area contributed by atoms with Gasteiger partial charge in [0.2, 0.25) is 5.91 Å². The van der Waals surface area contributed by atoms with Crippen molar-refractivity contribution < 1.29 is 28.8 Å². The highest BCUT2D eigenvalue weighted by Gasteiger charge is 2.24. The van der Waals surface area contributed by atoms with Crippen LogP contribution in [-0.2, 0) is 13.9 Å². The van der Waals surface area contributed by atoms with Crippen LogP contribution in [0.15, 0.2) is 12.2 Å². The van der Waals surface area contributed by atoms with Crippen LogP contribution in [0.3, 0.4) is 0 Å². The Morgan fingerprint density at radius 1 is 0.622 bits per heavy atom. The summed E-state index contributed by atoms with van der Waals surface area (Å²) in [4.78, 5) is 30.7. The second-order valence-electron chi connectivity index (χ2n) is 13.3. The lowest BCUT2D eigenvalue weighted by atomic mass is 10.0. The van der Waals surface area contributed by atoms with Gasteiger partial charge < -0.3 is 20.2 Å². The van der Waals surface area contributed by atoms with Crippen molar-refractivity contribution in [1.82, 2.24) is 5.32 Å². The van der Waals surface area contributed by atoms with Gasteiger partial charge in [-0.05, 0) is 19.3 Å². The number of phosphoric ester groups is 1. The summed E-state index contributed by atoms with van der Waals surface area (Å²) in [6, 6.07) is -0.903. The molecule has 0 aliphatic carbocycles. The minimum atomic E-state index is -4.70. The molecule has 1 amide bonds. The number of hydrogen-bond acceptors (Lipinski definition) is 4. The van der Waals surface area contributed by atoms with E-state index in [2.05, 4.69) is 23.7 Å². The molecule has 0 fully saturated rings. The molecule has 0 aromatic heterocycles. The summed E-state index contributed by atoms with van der Waals surface area (Å²) in [5, 5.41) is 13.3. The molecule has 0 unspecified atom stereocenters. The largest absolute Gasteiger partial charge is 0.469 e. The molecule has 7 nitrogen and oxygen atoms in total. The van der Waals surface area contributed by atoms with E-state index in [1.54, 1.807) is 6.08 Å². The molecule has 0 rings (SSSR count). The zero-order valence-corrected chi connectivity index (χ0v) is 30.4. The molecule has 0 radical (unpaired) electrons. The fraction of sp³-hybridized carbons (Fsp3) is 0.919. The topological polar surface area (TPSA) is 116 Å². The number of amides is 1. The molecule has 4 N–H and O–H groups in total. The van der Waals surface area contributed by atoms with E-state index in [-0.39, 0.29) is 5.91 Å². The number of carbonyl (C=O) groups excluding carboxylic acids is 1. The van der Waals surface area contributed by atoms with Crippen molar-refractivity contribution in [2.75, 3.05) is 6.61 Å². The summed E-state index contributed by atoms with van der Waals surface area (Å²) in [6.45, 7) is 4.06. The van der Waals surface area contributed by atoms with Crippen LogP contribution in [0.25, 0.3) is 0 Å². The Bertz CT molecular complexity index is 713. The van der Waals surface area contributed by atoms with Gasteiger partial charge in [0.05, 0.1) is 18.8 Å². The van der Waals surface area contributed by atoms with Gasteiger partial charge in [-0.15, -0.1) is 0 Å². The van der Waals surface area contributed by atoms with Gasteiger partial charge in [0, 0.05) is 6.42 Å². The van der Waals surface area contributed by atoms with E-state index in [1.807, 2.05) is 6.08 Å². The lowest BCUT2D eigenvalue weighted by Crippen LogP contribution is -2.45. The zero-order chi connectivity index (χ0) is 33.3. The highest BCUT2D eigenvalue weighted by atomic mass is 31.2. The van der Waals surface area contributed by atoms with Gasteiger partial charge in [0.15, 0.2) is 0 Å². The quantitative estimate of drug-likeness (QED) is 0.0306. The van der Waals surface area contributed by atoms with Crippen LogP contribution in [0, 0.1) is 0 Å². The maximum absolute atomic E-state index is 12.5. The Labute approximate surface area is 278 Å². The maximum atomic E-state index is 12.5. The lowest BCUT2D eigenvalue weighted by Gasteiger charge is -2.22. The first kappa shape index (κ1) is 44.3. The lowest BCUT2D eigenvalue weighted by molar-refractivity contribution is -0.123. The number of allylic oxidation sites excluding steroid dienone is 1. The third-order valence-electron chi connectivity index (χ3n) is 8.75. The molecule has 0 aliphatic heterocycles. The smallest absolute Gasteiger partial charge is 0.387 e. The fourth-order valence-corrected chi connectivity index (χ4v) is 6.17. The highest BCUT2D eigenvalue weighted by molar-refractivity contribution is 7.46. The van der Waals surface area contributed by atoms with Gasteiger partial charge in [0.25, 0.3) is 0 Å². The molecule has 8 heteroatoms. The molecular formula is C37H74NO6P. The van der Waals surface area contributed by atoms with E-state index in [0.29, 0.717) is 6.42 Å². The molecule has 0 saturated heterocycles. The Balaban J connectivity index is 3.97. The molecule has 268 valence electrons. The molecule has 0 aromatic rings. The van der Waals surface area contributed by atoms with Crippen LogP contribution in [0.1, 0.15) is 200 Å². The standard InChI is InChI=1S/C37H74NO6P/c1-3-5-7-9-11-13-15-17-18-19-20-21-23-25-27-29-31-33-37(40)38-35(34-44-45(41,42)43)36(39)32-30-28-26-24-22-16-14-12-10-8-6-4-2/h30,32,35-36,39H,3-29,31,33-34H2,1-2H3,(H,38,40)(H2,41,42,43)/b32-30+/t35-,36+/m0/s1. The van der Waals surface area contributed by atoms with Gasteiger partial charge in [-0.25, -0.2) is 4.57 Å². The third-order valence-corrected chi connectivity index (χ3v) is 9.23. The highest BCUT2D eigenvalue weighted by Crippen LogP contribution is 2.35. The average molecular weight is 660 g/mol. The maximum Gasteiger partial charge on any atom is 0.469 e. The van der Waals surface area contributed by atoms with E-state index >= 15 is 0 Å². The molecule has 45 heavy (non-hydrogen) atoms. The first-order chi connectivity index (χ1) is 21.8. The van der Waals surface area contributed by atoms with Gasteiger partial charge >= 0.3 is 7.82 Å². The van der Waals surface area contributed by atoms with Crippen molar-refractivity contribution in [3.63, 3.8) is 0 Å². The SMILES string of the molecule is CCCCCCCCCCCC/C=C/[C@@H](O)[C@H](COP(=O)(O)O)NC(=O)CCCCCCCCCCCCCCCCCCC. The average Bonchev–Trinajstić information content (AvgIpc) is 3.00. The third kappa shape index (κ3) is 34.4. The van der Waals surface area contributed by atoms with Crippen LogP contribution in [0.2, 0.25) is 0 Å². The van der Waals surface area contributed by atoms with Crippen molar-refractivity contribution in [2.45, 2.75) is 212 Å². The molecular weight excluding hydrogens is 585 g/mol. The molecule has 0 saturated carbocycles. The number of aliphatic hydroxyl groups excluding tert-OH is 1. The van der Waals surface area contributed by atoms with E-state index in [1.165, 1.54) is 141 Å². The predicted molar refractivity (Wildman–Crippen MR) is 190 cm³/mol. The van der Waals surface area contributed by atoms with Crippen LogP contribution >= 0.6 is 7.82 Å². The van der Waals surface area contributed by atoms with Crippen LogP contribution < -0.4 is 5.32 Å². The summed E-state index contributed by atoms with van der Waals surface area (Å²) >= 11 is 0. The number of unbranched alkanes of at least 4 members (excludes halogenated alkanes) is 26. The van der Waals surface area contributed by atoms with E-state index < -0.39 is 26.6 Å². The Kier molecular flexibility index (Phi) is 32.7. The molecule has 0 aromatic carbocycles. The molecule has 0 spiro atoms. The normalized spacial score (nSPS) is 13.4. The van der Waals surface area contributed by atoms with Crippen LogP contribution in [0.5, 0.6) is 0 Å². The second kappa shape index (κ2) is 33.2. The Morgan fingerprint density at radius 2 is 0.978 bits per heavy atom. The number of phosphoric acid groups is 1. The molecule has 2 atom stereocenters. The minimum absolute atomic E-state index is 0.225. The number of nitrogens with one attached hydrogen (secondary N) is 1. The van der Waals surface area contributed by atoms with Crippen molar-refractivity contribution in [3.05, 3.63) is 12.2 Å². The first-order valence-electron chi connectivity index (χ1n) is 19.1. The van der Waals surface area contributed by atoms with Crippen molar-refractivity contribution in [2.24, 2.45) is 0 Å². The summed E-state index contributed by atoms with van der Waals surface area (Å²) in [5.41, 5.74) is 0. The monoisotopic (exact) mass is 660 g/mol. The van der Waals surface area contributed by atoms with E-state index in [0.717, 1.165) is 38.5 Å². The summed E-state index contributed by atoms with van der Waals surface area (Å²) in [6.07, 6.45) is 38.0. The summed E-state index contributed by atoms with van der Waals surface area (Å²) in [7, 11) is -4.70. The number of hydrogen-bond donors (Lipinski definition) is 4. The van der Waals surface area contributed by atoms with Crippen LogP contribution in [0.4, 0.5) is 0 Å². The Morgan fingerprint density at radius 3 is 1.36 bits per heavy atom. The number of carbonyl (C=O) groups is 1. The second-order valence-corrected chi connectivity index (χ2v) is 14.5. The molecule has 0 bridgehead atoms. The van der Waals surface area contributed by atoms with Gasteiger partial charge in [-0.2, -0.15) is 0 Å². The van der Waals surface area contributed by atoms with E-state index in [9.17, 15) is 14.5 Å². The van der Waals surface area contributed by atoms with Gasteiger partial charge in [-0.1, -0.05) is 187 Å². The Hall–Kier alpha value is -0.720. The van der Waals surface area contributed by atoms with Crippen molar-refractivity contribution in [3.8, 4) is 0 Å². The van der Waals surface area contributed by atoms with Gasteiger partial charge in [0.1, 0.15) is 0 Å². The zero-order valence-electron chi connectivity index (χ0n) is 29.5. The van der Waals surface area contributed by atoms with Crippen molar-refractivity contribution in [1.29, 1.82) is 0 Å². The predicted octanol–water partition coefficient (Wildman–Crippen LogP) is 10.9. The van der Waals surface area contributed by atoms with Gasteiger partial charge in [-0.3, -0.25) is 9.32 Å². The first-order valence-corrected chi connectivity index (χ1v) is 20.7. The molecule has 0 heterocycles. The number of rotatable bonds is 35. The minimum Gasteiger partial charge on any atom is -0.387 e. The summed E-state index contributed by atoms with van der Waals surface area (Å²) in [5.74, 6) is -0.225. The summed E-state index contributed by atoms with van der Waals surface area (Å²) < 4.78 is 15.8.